The predicted molar refractivity (Wildman–Crippen MR) is 105 cm³/mol. The van der Waals surface area contributed by atoms with Crippen molar-refractivity contribution in [1.29, 1.82) is 0 Å². The van der Waals surface area contributed by atoms with E-state index in [2.05, 4.69) is 10.6 Å². The number of thioether (sulfide) groups is 1. The Balaban J connectivity index is 5.05. The van der Waals surface area contributed by atoms with Crippen molar-refractivity contribution in [2.45, 2.75) is 58.2 Å². The van der Waals surface area contributed by atoms with Gasteiger partial charge in [-0.1, -0.05) is 6.92 Å². The fraction of sp³-hybridized carbons (Fsp3) is 0.812. The molecule has 0 saturated heterocycles. The molecule has 0 spiro atoms. The van der Waals surface area contributed by atoms with Crippen LogP contribution in [-0.4, -0.2) is 72.7 Å². The molecule has 158 valence electrons. The van der Waals surface area contributed by atoms with Crippen LogP contribution in [-0.2, 0) is 24.2 Å². The van der Waals surface area contributed by atoms with Crippen LogP contribution in [0.4, 0.5) is 4.79 Å². The van der Waals surface area contributed by atoms with E-state index in [1.807, 2.05) is 6.26 Å². The van der Waals surface area contributed by atoms with E-state index in [1.54, 1.807) is 20.8 Å². The Morgan fingerprint density at radius 1 is 1.11 bits per heavy atom. The summed E-state index contributed by atoms with van der Waals surface area (Å²) in [5.74, 6) is -1.94. The number of ether oxygens (including phenoxy) is 1. The van der Waals surface area contributed by atoms with E-state index >= 15 is 0 Å². The molecule has 0 aromatic heterocycles. The van der Waals surface area contributed by atoms with Gasteiger partial charge in [0.15, 0.2) is 0 Å². The Kier molecular flexibility index (Phi) is 10.7. The molecular formula is C16H30N2O7S2. The van der Waals surface area contributed by atoms with Gasteiger partial charge in [0.2, 0.25) is 5.91 Å². The van der Waals surface area contributed by atoms with Crippen LogP contribution >= 0.6 is 11.8 Å². The Bertz CT molecular complexity index is 615. The summed E-state index contributed by atoms with van der Waals surface area (Å²) in [6, 6.07) is -2.35. The van der Waals surface area contributed by atoms with Crippen molar-refractivity contribution in [3.63, 3.8) is 0 Å². The molecule has 0 aromatic carbocycles. The van der Waals surface area contributed by atoms with Crippen LogP contribution in [0.2, 0.25) is 0 Å². The van der Waals surface area contributed by atoms with Crippen LogP contribution in [0.5, 0.6) is 0 Å². The number of alkyl carbamates (subject to hydrolysis) is 1. The van der Waals surface area contributed by atoms with E-state index in [-0.39, 0.29) is 24.3 Å². The van der Waals surface area contributed by atoms with Crippen molar-refractivity contribution in [3.05, 3.63) is 0 Å². The molecule has 2 amide bonds. The Labute approximate surface area is 164 Å². The summed E-state index contributed by atoms with van der Waals surface area (Å²) in [7, 11) is -3.37. The summed E-state index contributed by atoms with van der Waals surface area (Å²) < 4.78 is 28.3. The van der Waals surface area contributed by atoms with Gasteiger partial charge < -0.3 is 20.5 Å². The van der Waals surface area contributed by atoms with Gasteiger partial charge in [0.25, 0.3) is 0 Å². The molecule has 9 nitrogen and oxygen atoms in total. The lowest BCUT2D eigenvalue weighted by Gasteiger charge is -2.24. The second-order valence-corrected chi connectivity index (χ2v) is 10.4. The van der Waals surface area contributed by atoms with E-state index in [9.17, 15) is 27.9 Å². The molecule has 0 aliphatic carbocycles. The molecule has 0 aliphatic heterocycles. The van der Waals surface area contributed by atoms with E-state index in [1.165, 1.54) is 18.7 Å². The third-order valence-corrected chi connectivity index (χ3v) is 5.77. The fourth-order valence-electron chi connectivity index (χ4n) is 1.93. The van der Waals surface area contributed by atoms with Gasteiger partial charge in [0.1, 0.15) is 27.5 Å². The lowest BCUT2D eigenvalue weighted by Crippen LogP contribution is -2.52. The Morgan fingerprint density at radius 2 is 1.70 bits per heavy atom. The fourth-order valence-corrected chi connectivity index (χ4v) is 3.28. The summed E-state index contributed by atoms with van der Waals surface area (Å²) in [5.41, 5.74) is -0.747. The topological polar surface area (TPSA) is 139 Å². The maximum atomic E-state index is 12.5. The first-order valence-electron chi connectivity index (χ1n) is 8.53. The number of rotatable bonds is 11. The molecule has 0 aliphatic rings. The molecule has 2 unspecified atom stereocenters. The predicted octanol–water partition coefficient (Wildman–Crippen LogP) is 1.03. The van der Waals surface area contributed by atoms with Crippen LogP contribution in [0, 0.1) is 0 Å². The van der Waals surface area contributed by atoms with Gasteiger partial charge in [0, 0.05) is 5.75 Å². The zero-order valence-corrected chi connectivity index (χ0v) is 18.0. The zero-order chi connectivity index (χ0) is 21.3. The molecule has 0 heterocycles. The molecule has 2 atom stereocenters. The minimum Gasteiger partial charge on any atom is -0.480 e. The van der Waals surface area contributed by atoms with E-state index in [0.29, 0.717) is 5.75 Å². The van der Waals surface area contributed by atoms with Gasteiger partial charge in [-0.05, 0) is 45.6 Å². The third-order valence-electron chi connectivity index (χ3n) is 3.39. The highest BCUT2D eigenvalue weighted by Gasteiger charge is 2.28. The summed E-state index contributed by atoms with van der Waals surface area (Å²) in [5, 5.41) is 14.0. The number of carbonyl (C=O) groups excluding carboxylic acids is 2. The molecular weight excluding hydrogens is 396 g/mol. The maximum Gasteiger partial charge on any atom is 0.408 e. The molecule has 0 fully saturated rings. The van der Waals surface area contributed by atoms with Crippen LogP contribution in [0.25, 0.3) is 0 Å². The van der Waals surface area contributed by atoms with Crippen molar-refractivity contribution in [1.82, 2.24) is 10.6 Å². The van der Waals surface area contributed by atoms with E-state index in [0.717, 1.165) is 0 Å². The van der Waals surface area contributed by atoms with Crippen molar-refractivity contribution in [3.8, 4) is 0 Å². The molecule has 11 heteroatoms. The van der Waals surface area contributed by atoms with Crippen molar-refractivity contribution < 1.29 is 32.6 Å². The highest BCUT2D eigenvalue weighted by Crippen LogP contribution is 2.09. The molecule has 0 bridgehead atoms. The smallest absolute Gasteiger partial charge is 0.408 e. The largest absolute Gasteiger partial charge is 0.480 e. The number of nitrogens with one attached hydrogen (secondary N) is 2. The second kappa shape index (κ2) is 11.4. The Hall–Kier alpha value is -1.49. The monoisotopic (exact) mass is 426 g/mol. The maximum absolute atomic E-state index is 12.5. The Morgan fingerprint density at radius 3 is 2.15 bits per heavy atom. The number of amides is 2. The standard InChI is InChI=1S/C16H30N2O7S2/c1-6-27(23,24)10-8-12(14(20)21)17-13(19)11(7-9-26-5)18-15(22)25-16(2,3)4/h11-12H,6-10H2,1-5H3,(H,17,19)(H,18,22)(H,20,21). The number of aliphatic carboxylic acids is 1. The SMILES string of the molecule is CCS(=O)(=O)CCC(NC(=O)C(CCSC)NC(=O)OC(C)(C)C)C(=O)O. The van der Waals surface area contributed by atoms with Gasteiger partial charge in [0.05, 0.1) is 5.75 Å². The third kappa shape index (κ3) is 11.8. The first-order chi connectivity index (χ1) is 12.3. The first-order valence-corrected chi connectivity index (χ1v) is 11.7. The number of hydrogen-bond acceptors (Lipinski definition) is 7. The second-order valence-electron chi connectivity index (χ2n) is 6.90. The molecule has 0 aromatic rings. The van der Waals surface area contributed by atoms with Gasteiger partial charge in [-0.15, -0.1) is 0 Å². The summed E-state index contributed by atoms with van der Waals surface area (Å²) in [4.78, 5) is 35.8. The number of sulfone groups is 1. The highest BCUT2D eigenvalue weighted by atomic mass is 32.2. The zero-order valence-electron chi connectivity index (χ0n) is 16.4. The average molecular weight is 427 g/mol. The van der Waals surface area contributed by atoms with Gasteiger partial charge >= 0.3 is 12.1 Å². The summed E-state index contributed by atoms with van der Waals surface area (Å²) in [6.45, 7) is 6.50. The number of carboxylic acids is 1. The molecule has 0 rings (SSSR count). The molecule has 27 heavy (non-hydrogen) atoms. The quantitative estimate of drug-likeness (QED) is 0.445. The van der Waals surface area contributed by atoms with Gasteiger partial charge in [-0.2, -0.15) is 11.8 Å². The summed E-state index contributed by atoms with van der Waals surface area (Å²) >= 11 is 1.46. The van der Waals surface area contributed by atoms with Crippen LogP contribution < -0.4 is 10.6 Å². The van der Waals surface area contributed by atoms with Gasteiger partial charge in [-0.3, -0.25) is 4.79 Å². The molecule has 3 N–H and O–H groups in total. The lowest BCUT2D eigenvalue weighted by molar-refractivity contribution is -0.142. The van der Waals surface area contributed by atoms with Crippen molar-refractivity contribution in [2.24, 2.45) is 0 Å². The lowest BCUT2D eigenvalue weighted by atomic mass is 10.1. The van der Waals surface area contributed by atoms with E-state index in [4.69, 9.17) is 4.74 Å². The number of hydrogen-bond donors (Lipinski definition) is 3. The number of carbonyl (C=O) groups is 3. The molecule has 0 radical (unpaired) electrons. The first kappa shape index (κ1) is 25.5. The minimum absolute atomic E-state index is 0.107. The number of carboxylic acid groups (broad SMARTS) is 1. The van der Waals surface area contributed by atoms with Crippen LogP contribution in [0.3, 0.4) is 0 Å². The van der Waals surface area contributed by atoms with E-state index < -0.39 is 45.5 Å². The van der Waals surface area contributed by atoms with Crippen molar-refractivity contribution >= 4 is 39.6 Å². The normalized spacial score (nSPS) is 14.1. The highest BCUT2D eigenvalue weighted by molar-refractivity contribution is 7.98. The average Bonchev–Trinajstić information content (AvgIpc) is 2.53. The van der Waals surface area contributed by atoms with Crippen LogP contribution in [0.15, 0.2) is 0 Å². The summed E-state index contributed by atoms with van der Waals surface area (Å²) in [6.07, 6.45) is 1.06. The minimum atomic E-state index is -3.37. The molecule has 0 saturated carbocycles. The van der Waals surface area contributed by atoms with Gasteiger partial charge in [-0.25, -0.2) is 18.0 Å². The van der Waals surface area contributed by atoms with Crippen molar-refractivity contribution in [2.75, 3.05) is 23.5 Å². The van der Waals surface area contributed by atoms with Crippen LogP contribution in [0.1, 0.15) is 40.5 Å².